The van der Waals surface area contributed by atoms with Gasteiger partial charge < -0.3 is 19.0 Å². The van der Waals surface area contributed by atoms with Gasteiger partial charge in [0.1, 0.15) is 18.0 Å². The van der Waals surface area contributed by atoms with E-state index in [0.717, 1.165) is 28.5 Å². The number of benzene rings is 3. The third-order valence-corrected chi connectivity index (χ3v) is 6.20. The number of rotatable bonds is 7. The minimum absolute atomic E-state index is 0.0790. The molecule has 4 rings (SSSR count). The van der Waals surface area contributed by atoms with E-state index in [9.17, 15) is 18.0 Å². The van der Waals surface area contributed by atoms with Gasteiger partial charge in [-0.3, -0.25) is 0 Å². The third kappa shape index (κ3) is 6.48. The van der Waals surface area contributed by atoms with Crippen molar-refractivity contribution in [1.82, 2.24) is 5.32 Å². The number of esters is 1. The molecule has 0 radical (unpaired) electrons. The Morgan fingerprint density at radius 3 is 1.95 bits per heavy atom. The summed E-state index contributed by atoms with van der Waals surface area (Å²) in [5.74, 6) is -0.737. The van der Waals surface area contributed by atoms with Crippen LogP contribution in [0.3, 0.4) is 0 Å². The van der Waals surface area contributed by atoms with E-state index in [1.165, 1.54) is 24.3 Å². The lowest BCUT2D eigenvalue weighted by Crippen LogP contribution is -2.38. The zero-order valence-corrected chi connectivity index (χ0v) is 21.9. The molecule has 0 bridgehead atoms. The maximum Gasteiger partial charge on any atom is 0.408 e. The molecule has 1 amide bonds. The molecule has 9 heteroatoms. The molecule has 8 nitrogen and oxygen atoms in total. The lowest BCUT2D eigenvalue weighted by Gasteiger charge is -2.25. The molecule has 1 aliphatic rings. The molecule has 0 heterocycles. The van der Waals surface area contributed by atoms with Gasteiger partial charge in [-0.25, -0.2) is 9.59 Å². The predicted molar refractivity (Wildman–Crippen MR) is 139 cm³/mol. The molecule has 1 aliphatic carbocycles. The Hall–Kier alpha value is -3.85. The van der Waals surface area contributed by atoms with E-state index in [-0.39, 0.29) is 18.3 Å². The van der Waals surface area contributed by atoms with Crippen molar-refractivity contribution < 1.29 is 31.7 Å². The van der Waals surface area contributed by atoms with Crippen LogP contribution in [0.25, 0.3) is 11.1 Å². The van der Waals surface area contributed by atoms with Crippen LogP contribution in [-0.4, -0.2) is 38.9 Å². The van der Waals surface area contributed by atoms with Crippen LogP contribution in [0.15, 0.2) is 72.8 Å². The molecule has 37 heavy (non-hydrogen) atoms. The van der Waals surface area contributed by atoms with Crippen LogP contribution >= 0.6 is 0 Å². The second-order valence-electron chi connectivity index (χ2n) is 9.79. The van der Waals surface area contributed by atoms with Gasteiger partial charge in [0.25, 0.3) is 0 Å². The number of ether oxygens (including phenoxy) is 2. The second-order valence-corrected chi connectivity index (χ2v) is 11.4. The largest absolute Gasteiger partial charge is 0.458 e. The number of carbonyl (C=O) groups excluding carboxylic acids is 2. The number of hydrogen-bond donors (Lipinski definition) is 1. The summed E-state index contributed by atoms with van der Waals surface area (Å²) in [5.41, 5.74) is 3.94. The molecule has 1 atom stereocenters. The number of hydrogen-bond acceptors (Lipinski definition) is 7. The van der Waals surface area contributed by atoms with E-state index in [4.69, 9.17) is 13.7 Å². The lowest BCUT2D eigenvalue weighted by atomic mass is 9.98. The van der Waals surface area contributed by atoms with Crippen molar-refractivity contribution in [2.45, 2.75) is 38.3 Å². The first-order chi connectivity index (χ1) is 17.4. The van der Waals surface area contributed by atoms with E-state index in [0.29, 0.717) is 5.56 Å². The topological polar surface area (TPSA) is 108 Å². The van der Waals surface area contributed by atoms with Crippen molar-refractivity contribution in [3.63, 3.8) is 0 Å². The Balaban J connectivity index is 1.51. The Morgan fingerprint density at radius 1 is 0.892 bits per heavy atom. The van der Waals surface area contributed by atoms with E-state index in [2.05, 4.69) is 5.32 Å². The van der Waals surface area contributed by atoms with Crippen LogP contribution in [0.5, 0.6) is 5.75 Å². The summed E-state index contributed by atoms with van der Waals surface area (Å²) < 4.78 is 38.7. The summed E-state index contributed by atoms with van der Waals surface area (Å²) in [6, 6.07) is 20.6. The Morgan fingerprint density at radius 2 is 1.43 bits per heavy atom. The highest BCUT2D eigenvalue weighted by Gasteiger charge is 2.31. The standard InChI is InChI=1S/C28H29NO7S/c1-28(2,3)35-26(30)25(18-13-15-19(16-14-18)36-37(4,32)33)29-27(31)34-17-24-22-11-7-5-9-20(22)21-10-6-8-12-23(21)24/h5-16,24-25H,17H2,1-4H3,(H,29,31). The van der Waals surface area contributed by atoms with Crippen molar-refractivity contribution in [3.05, 3.63) is 89.5 Å². The Bertz CT molecular complexity index is 1360. The summed E-state index contributed by atoms with van der Waals surface area (Å²) in [4.78, 5) is 25.9. The van der Waals surface area contributed by atoms with Gasteiger partial charge in [0.15, 0.2) is 6.04 Å². The van der Waals surface area contributed by atoms with Crippen molar-refractivity contribution in [2.24, 2.45) is 0 Å². The van der Waals surface area contributed by atoms with Crippen LogP contribution < -0.4 is 9.50 Å². The number of amides is 1. The van der Waals surface area contributed by atoms with Gasteiger partial charge in [-0.2, -0.15) is 8.42 Å². The van der Waals surface area contributed by atoms with Crippen molar-refractivity contribution >= 4 is 22.2 Å². The Kier molecular flexibility index (Phi) is 7.27. The summed E-state index contributed by atoms with van der Waals surface area (Å²) in [6.45, 7) is 5.25. The SMILES string of the molecule is CC(C)(C)OC(=O)C(NC(=O)OCC1c2ccccc2-c2ccccc21)c1ccc(OS(C)(=O)=O)cc1. The highest BCUT2D eigenvalue weighted by Crippen LogP contribution is 2.44. The maximum atomic E-state index is 13.0. The summed E-state index contributed by atoms with van der Waals surface area (Å²) in [7, 11) is -3.71. The molecule has 0 fully saturated rings. The molecule has 194 valence electrons. The summed E-state index contributed by atoms with van der Waals surface area (Å²) >= 11 is 0. The zero-order valence-electron chi connectivity index (χ0n) is 21.1. The second kappa shape index (κ2) is 10.3. The molecule has 3 aromatic rings. The average Bonchev–Trinajstić information content (AvgIpc) is 3.13. The fourth-order valence-corrected chi connectivity index (χ4v) is 4.75. The van der Waals surface area contributed by atoms with Crippen LogP contribution in [0.2, 0.25) is 0 Å². The molecule has 0 saturated heterocycles. The molecule has 0 spiro atoms. The van der Waals surface area contributed by atoms with Crippen LogP contribution in [0.4, 0.5) is 4.79 Å². The van der Waals surface area contributed by atoms with Gasteiger partial charge in [-0.05, 0) is 60.7 Å². The first-order valence-corrected chi connectivity index (χ1v) is 13.6. The molecule has 0 aromatic heterocycles. The monoisotopic (exact) mass is 523 g/mol. The molecule has 0 aliphatic heterocycles. The molecular weight excluding hydrogens is 494 g/mol. The third-order valence-electron chi connectivity index (χ3n) is 5.71. The average molecular weight is 524 g/mol. The van der Waals surface area contributed by atoms with Gasteiger partial charge >= 0.3 is 22.2 Å². The number of nitrogens with one attached hydrogen (secondary N) is 1. The molecular formula is C28H29NO7S. The molecule has 1 unspecified atom stereocenters. The van der Waals surface area contributed by atoms with Crippen LogP contribution in [-0.2, 0) is 24.4 Å². The highest BCUT2D eigenvalue weighted by atomic mass is 32.2. The fourth-order valence-electron chi connectivity index (χ4n) is 4.29. The normalized spacial score (nSPS) is 13.7. The fraction of sp³-hybridized carbons (Fsp3) is 0.286. The number of carbonyl (C=O) groups is 2. The highest BCUT2D eigenvalue weighted by molar-refractivity contribution is 7.86. The zero-order chi connectivity index (χ0) is 26.8. The van der Waals surface area contributed by atoms with Gasteiger partial charge in [0.05, 0.1) is 6.26 Å². The summed E-state index contributed by atoms with van der Waals surface area (Å²) in [5, 5.41) is 2.60. The minimum atomic E-state index is -3.71. The van der Waals surface area contributed by atoms with Crippen LogP contribution in [0.1, 0.15) is 49.4 Å². The molecule has 1 N–H and O–H groups in total. The number of alkyl carbamates (subject to hydrolysis) is 1. The van der Waals surface area contributed by atoms with Gasteiger partial charge in [-0.15, -0.1) is 0 Å². The maximum absolute atomic E-state index is 13.0. The molecule has 3 aromatic carbocycles. The van der Waals surface area contributed by atoms with Crippen LogP contribution in [0, 0.1) is 0 Å². The van der Waals surface area contributed by atoms with Gasteiger partial charge in [0.2, 0.25) is 0 Å². The van der Waals surface area contributed by atoms with Crippen molar-refractivity contribution in [3.8, 4) is 16.9 Å². The van der Waals surface area contributed by atoms with Gasteiger partial charge in [-0.1, -0.05) is 60.7 Å². The minimum Gasteiger partial charge on any atom is -0.458 e. The van der Waals surface area contributed by atoms with E-state index >= 15 is 0 Å². The quantitative estimate of drug-likeness (QED) is 0.345. The Labute approximate surface area is 216 Å². The first-order valence-electron chi connectivity index (χ1n) is 11.7. The summed E-state index contributed by atoms with van der Waals surface area (Å²) in [6.07, 6.45) is 0.150. The number of fused-ring (bicyclic) bond motifs is 3. The molecule has 0 saturated carbocycles. The first kappa shape index (κ1) is 26.2. The lowest BCUT2D eigenvalue weighted by molar-refractivity contribution is -0.157. The smallest absolute Gasteiger partial charge is 0.408 e. The van der Waals surface area contributed by atoms with Gasteiger partial charge in [0, 0.05) is 5.92 Å². The van der Waals surface area contributed by atoms with E-state index < -0.39 is 33.8 Å². The van der Waals surface area contributed by atoms with E-state index in [1.54, 1.807) is 20.8 Å². The predicted octanol–water partition coefficient (Wildman–Crippen LogP) is 4.95. The van der Waals surface area contributed by atoms with E-state index in [1.807, 2.05) is 48.5 Å². The van der Waals surface area contributed by atoms with Crippen molar-refractivity contribution in [2.75, 3.05) is 12.9 Å². The van der Waals surface area contributed by atoms with Crippen molar-refractivity contribution in [1.29, 1.82) is 0 Å².